The largest absolute Gasteiger partial charge is 0.484 e. The quantitative estimate of drug-likeness (QED) is 0.704. The molecule has 0 radical (unpaired) electrons. The number of alkyl halides is 3. The minimum atomic E-state index is -4.41. The highest BCUT2D eigenvalue weighted by Crippen LogP contribution is 2.19. The number of halogens is 3. The average molecular weight is 345 g/mol. The van der Waals surface area contributed by atoms with Gasteiger partial charge in [-0.3, -0.25) is 4.79 Å². The summed E-state index contributed by atoms with van der Waals surface area (Å²) in [7, 11) is 0. The molecule has 1 aliphatic carbocycles. The van der Waals surface area contributed by atoms with Crippen molar-refractivity contribution in [3.63, 3.8) is 0 Å². The molecule has 0 unspecified atom stereocenters. The lowest BCUT2D eigenvalue weighted by Gasteiger charge is -2.11. The highest BCUT2D eigenvalue weighted by Gasteiger charge is 2.28. The van der Waals surface area contributed by atoms with Crippen LogP contribution in [-0.4, -0.2) is 37.3 Å². The Balaban J connectivity index is 1.70. The van der Waals surface area contributed by atoms with Crippen LogP contribution < -0.4 is 20.7 Å². The fourth-order valence-electron chi connectivity index (χ4n) is 1.82. The van der Waals surface area contributed by atoms with Crippen molar-refractivity contribution < 1.29 is 27.5 Å². The number of urea groups is 1. The molecule has 9 heteroatoms. The SMILES string of the molecule is O=C(CNC(=O)NCc1cccc(OCC(F)(F)F)c1)NC1CC1. The molecule has 1 saturated carbocycles. The summed E-state index contributed by atoms with van der Waals surface area (Å²) in [6, 6.07) is 5.66. The van der Waals surface area contributed by atoms with Crippen LogP contribution >= 0.6 is 0 Å². The van der Waals surface area contributed by atoms with Crippen molar-refractivity contribution in [2.45, 2.75) is 31.6 Å². The summed E-state index contributed by atoms with van der Waals surface area (Å²) in [6.45, 7) is -1.41. The van der Waals surface area contributed by atoms with E-state index in [0.29, 0.717) is 5.56 Å². The number of amides is 3. The monoisotopic (exact) mass is 345 g/mol. The molecule has 3 amide bonds. The summed E-state index contributed by atoms with van der Waals surface area (Å²) >= 11 is 0. The molecule has 0 aromatic heterocycles. The maximum atomic E-state index is 12.1. The molecular formula is C15H18F3N3O3. The van der Waals surface area contributed by atoms with Crippen LogP contribution in [0.4, 0.5) is 18.0 Å². The fraction of sp³-hybridized carbons (Fsp3) is 0.467. The standard InChI is InChI=1S/C15H18F3N3O3/c16-15(17,18)9-24-12-3-1-2-10(6-12)7-19-14(23)20-8-13(22)21-11-4-5-11/h1-3,6,11H,4-5,7-9H2,(H,21,22)(H2,19,20,23). The van der Waals surface area contributed by atoms with E-state index in [0.717, 1.165) is 12.8 Å². The van der Waals surface area contributed by atoms with E-state index in [9.17, 15) is 22.8 Å². The molecule has 6 nitrogen and oxygen atoms in total. The molecule has 0 saturated heterocycles. The van der Waals surface area contributed by atoms with Gasteiger partial charge in [0.15, 0.2) is 6.61 Å². The summed E-state index contributed by atoms with van der Waals surface area (Å²) in [6.07, 6.45) is -2.48. The van der Waals surface area contributed by atoms with Gasteiger partial charge in [-0.1, -0.05) is 12.1 Å². The van der Waals surface area contributed by atoms with Crippen LogP contribution in [-0.2, 0) is 11.3 Å². The van der Waals surface area contributed by atoms with Gasteiger partial charge in [0, 0.05) is 12.6 Å². The van der Waals surface area contributed by atoms with Crippen LogP contribution in [0.1, 0.15) is 18.4 Å². The maximum Gasteiger partial charge on any atom is 0.422 e. The summed E-state index contributed by atoms with van der Waals surface area (Å²) in [4.78, 5) is 23.0. The van der Waals surface area contributed by atoms with Gasteiger partial charge in [0.05, 0.1) is 6.54 Å². The van der Waals surface area contributed by atoms with Crippen LogP contribution in [0.15, 0.2) is 24.3 Å². The minimum absolute atomic E-state index is 0.0656. The van der Waals surface area contributed by atoms with E-state index < -0.39 is 18.8 Å². The molecule has 0 atom stereocenters. The van der Waals surface area contributed by atoms with Crippen LogP contribution in [0.3, 0.4) is 0 Å². The second kappa shape index (κ2) is 7.89. The molecular weight excluding hydrogens is 327 g/mol. The van der Waals surface area contributed by atoms with Gasteiger partial charge in [0.25, 0.3) is 0 Å². The van der Waals surface area contributed by atoms with Crippen LogP contribution in [0, 0.1) is 0 Å². The topological polar surface area (TPSA) is 79.5 Å². The van der Waals surface area contributed by atoms with E-state index in [4.69, 9.17) is 0 Å². The number of nitrogens with one attached hydrogen (secondary N) is 3. The van der Waals surface area contributed by atoms with Gasteiger partial charge in [-0.15, -0.1) is 0 Å². The second-order valence-corrected chi connectivity index (χ2v) is 5.43. The number of carbonyl (C=O) groups is 2. The summed E-state index contributed by atoms with van der Waals surface area (Å²) in [5.41, 5.74) is 0.576. The lowest BCUT2D eigenvalue weighted by atomic mass is 10.2. The van der Waals surface area contributed by atoms with Crippen LogP contribution in [0.25, 0.3) is 0 Å². The summed E-state index contributed by atoms with van der Waals surface area (Å²) < 4.78 is 41.0. The third kappa shape index (κ3) is 7.21. The first-order valence-electron chi connectivity index (χ1n) is 7.41. The lowest BCUT2D eigenvalue weighted by Crippen LogP contribution is -2.42. The Labute approximate surface area is 136 Å². The predicted molar refractivity (Wildman–Crippen MR) is 79.4 cm³/mol. The first-order valence-corrected chi connectivity index (χ1v) is 7.41. The lowest BCUT2D eigenvalue weighted by molar-refractivity contribution is -0.153. The Morgan fingerprint density at radius 2 is 1.96 bits per heavy atom. The highest BCUT2D eigenvalue weighted by atomic mass is 19.4. The van der Waals surface area contributed by atoms with E-state index in [-0.39, 0.29) is 30.8 Å². The zero-order valence-electron chi connectivity index (χ0n) is 12.8. The minimum Gasteiger partial charge on any atom is -0.484 e. The van der Waals surface area contributed by atoms with Gasteiger partial charge in [-0.25, -0.2) is 4.79 Å². The average Bonchev–Trinajstić information content (AvgIpc) is 3.32. The van der Waals surface area contributed by atoms with Gasteiger partial charge >= 0.3 is 12.2 Å². The van der Waals surface area contributed by atoms with Gasteiger partial charge < -0.3 is 20.7 Å². The third-order valence-corrected chi connectivity index (χ3v) is 3.11. The third-order valence-electron chi connectivity index (χ3n) is 3.11. The number of rotatable bonds is 7. The number of benzene rings is 1. The first kappa shape index (κ1) is 17.9. The molecule has 1 aliphatic rings. The van der Waals surface area contributed by atoms with Crippen LogP contribution in [0.5, 0.6) is 5.75 Å². The molecule has 1 aromatic carbocycles. The molecule has 0 bridgehead atoms. The van der Waals surface area contributed by atoms with E-state index >= 15 is 0 Å². The van der Waals surface area contributed by atoms with E-state index in [1.54, 1.807) is 6.07 Å². The van der Waals surface area contributed by atoms with Gasteiger partial charge in [0.1, 0.15) is 5.75 Å². The number of carbonyl (C=O) groups excluding carboxylic acids is 2. The molecule has 24 heavy (non-hydrogen) atoms. The molecule has 132 valence electrons. The normalized spacial score (nSPS) is 14.0. The van der Waals surface area contributed by atoms with Gasteiger partial charge in [0.2, 0.25) is 5.91 Å². The smallest absolute Gasteiger partial charge is 0.422 e. The maximum absolute atomic E-state index is 12.1. The van der Waals surface area contributed by atoms with Gasteiger partial charge in [-0.05, 0) is 30.5 Å². The van der Waals surface area contributed by atoms with Crippen molar-refractivity contribution in [3.8, 4) is 5.75 Å². The zero-order chi connectivity index (χ0) is 17.6. The van der Waals surface area contributed by atoms with Crippen molar-refractivity contribution >= 4 is 11.9 Å². The fourth-order valence-corrected chi connectivity index (χ4v) is 1.82. The molecule has 0 spiro atoms. The molecule has 3 N–H and O–H groups in total. The molecule has 1 aromatic rings. The molecule has 2 rings (SSSR count). The molecule has 1 fully saturated rings. The number of ether oxygens (including phenoxy) is 1. The number of hydrogen-bond donors (Lipinski definition) is 3. The van der Waals surface area contributed by atoms with Crippen molar-refractivity contribution in [1.29, 1.82) is 0 Å². The summed E-state index contributed by atoms with van der Waals surface area (Å²) in [5.74, 6) is -0.189. The van der Waals surface area contributed by atoms with Gasteiger partial charge in [-0.2, -0.15) is 13.2 Å². The Morgan fingerprint density at radius 1 is 1.21 bits per heavy atom. The second-order valence-electron chi connectivity index (χ2n) is 5.43. The van der Waals surface area contributed by atoms with Crippen LogP contribution in [0.2, 0.25) is 0 Å². The van der Waals surface area contributed by atoms with E-state index in [1.165, 1.54) is 18.2 Å². The Kier molecular flexibility index (Phi) is 5.88. The number of hydrogen-bond acceptors (Lipinski definition) is 3. The van der Waals surface area contributed by atoms with Crippen molar-refractivity contribution in [2.24, 2.45) is 0 Å². The molecule has 0 heterocycles. The van der Waals surface area contributed by atoms with E-state index in [2.05, 4.69) is 20.7 Å². The zero-order valence-corrected chi connectivity index (χ0v) is 12.8. The Bertz CT molecular complexity index is 589. The molecule has 0 aliphatic heterocycles. The Hall–Kier alpha value is -2.45. The van der Waals surface area contributed by atoms with E-state index in [1.807, 2.05) is 0 Å². The first-order chi connectivity index (χ1) is 11.3. The Morgan fingerprint density at radius 3 is 2.62 bits per heavy atom. The van der Waals surface area contributed by atoms with Crippen molar-refractivity contribution in [2.75, 3.05) is 13.2 Å². The van der Waals surface area contributed by atoms with Crippen molar-refractivity contribution in [3.05, 3.63) is 29.8 Å². The highest BCUT2D eigenvalue weighted by molar-refractivity contribution is 5.84. The predicted octanol–water partition coefficient (Wildman–Crippen LogP) is 1.71. The summed E-state index contributed by atoms with van der Waals surface area (Å²) in [5, 5.41) is 7.65. The van der Waals surface area contributed by atoms with Crippen molar-refractivity contribution in [1.82, 2.24) is 16.0 Å².